The quantitative estimate of drug-likeness (QED) is 0.465. The minimum Gasteiger partial charge on any atom is -0.378 e. The Morgan fingerprint density at radius 1 is 1.00 bits per heavy atom. The van der Waals surface area contributed by atoms with Gasteiger partial charge >= 0.3 is 18.1 Å². The predicted molar refractivity (Wildman–Crippen MR) is 122 cm³/mol. The van der Waals surface area contributed by atoms with Crippen LogP contribution in [0, 0.1) is 23.6 Å². The van der Waals surface area contributed by atoms with Gasteiger partial charge in [-0.3, -0.25) is 20.4 Å². The van der Waals surface area contributed by atoms with Crippen LogP contribution in [0.4, 0.5) is 22.4 Å². The van der Waals surface area contributed by atoms with E-state index in [2.05, 4.69) is 0 Å². The fourth-order valence-corrected chi connectivity index (χ4v) is 7.00. The largest absolute Gasteiger partial charge is 0.472 e. The van der Waals surface area contributed by atoms with Crippen molar-refractivity contribution in [3.63, 3.8) is 0 Å². The zero-order valence-corrected chi connectivity index (χ0v) is 20.3. The number of halogens is 4. The van der Waals surface area contributed by atoms with Crippen LogP contribution in [-0.2, 0) is 16.1 Å². The van der Waals surface area contributed by atoms with Gasteiger partial charge in [-0.05, 0) is 68.4 Å². The van der Waals surface area contributed by atoms with Gasteiger partial charge < -0.3 is 14.5 Å². The van der Waals surface area contributed by atoms with Gasteiger partial charge in [-0.2, -0.15) is 13.2 Å². The Hall–Kier alpha value is -2.89. The summed E-state index contributed by atoms with van der Waals surface area (Å²) in [6, 6.07) is 3.41. The number of carbonyl (C=O) groups is 3. The van der Waals surface area contributed by atoms with Gasteiger partial charge in [0.05, 0.1) is 19.8 Å². The Bertz CT molecular complexity index is 1040. The summed E-state index contributed by atoms with van der Waals surface area (Å²) in [6.07, 6.45) is 1.07. The molecule has 5 aliphatic rings. The molecule has 5 fully saturated rings. The molecule has 202 valence electrons. The summed E-state index contributed by atoms with van der Waals surface area (Å²) in [5.74, 6) is -2.49. The van der Waals surface area contributed by atoms with Gasteiger partial charge in [0.2, 0.25) is 0 Å². The molecule has 1 aliphatic heterocycles. The number of carbonyl (C=O) groups excluding carboxylic acids is 3. The second kappa shape index (κ2) is 9.77. The number of ether oxygens (including phenoxy) is 1. The molecule has 0 radical (unpaired) electrons. The number of nitrogens with zero attached hydrogens (tertiary/aromatic N) is 2. The summed E-state index contributed by atoms with van der Waals surface area (Å²) >= 11 is 0. The lowest BCUT2D eigenvalue weighted by molar-refractivity contribution is -0.174. The molecule has 0 spiro atoms. The van der Waals surface area contributed by atoms with Gasteiger partial charge in [0.1, 0.15) is 5.82 Å². The number of hydrogen-bond acceptors (Lipinski definition) is 4. The molecule has 4 bridgehead atoms. The third kappa shape index (κ3) is 5.25. The first-order valence-electron chi connectivity index (χ1n) is 12.6. The van der Waals surface area contributed by atoms with Crippen LogP contribution in [0.5, 0.6) is 0 Å². The maximum Gasteiger partial charge on any atom is 0.472 e. The summed E-state index contributed by atoms with van der Waals surface area (Å²) < 4.78 is 57.7. The molecular formula is C25H30F4N4O4. The van der Waals surface area contributed by atoms with E-state index in [1.807, 2.05) is 4.90 Å². The van der Waals surface area contributed by atoms with Crippen LogP contribution in [-0.4, -0.2) is 65.7 Å². The Kier molecular flexibility index (Phi) is 6.80. The van der Waals surface area contributed by atoms with Crippen molar-refractivity contribution in [2.45, 2.75) is 56.8 Å². The Morgan fingerprint density at radius 2 is 1.59 bits per heavy atom. The second-order valence-corrected chi connectivity index (χ2v) is 10.8. The monoisotopic (exact) mass is 526 g/mol. The van der Waals surface area contributed by atoms with Gasteiger partial charge in [0, 0.05) is 29.8 Å². The predicted octanol–water partition coefficient (Wildman–Crippen LogP) is 3.37. The molecule has 1 aromatic rings. The molecule has 12 heteroatoms. The van der Waals surface area contributed by atoms with Crippen LogP contribution in [0.15, 0.2) is 18.2 Å². The number of urea groups is 1. The highest BCUT2D eigenvalue weighted by atomic mass is 19.4. The van der Waals surface area contributed by atoms with Gasteiger partial charge in [-0.25, -0.2) is 9.18 Å². The third-order valence-electron chi connectivity index (χ3n) is 8.28. The molecule has 4 saturated carbocycles. The molecule has 37 heavy (non-hydrogen) atoms. The van der Waals surface area contributed by atoms with Crippen molar-refractivity contribution in [1.82, 2.24) is 20.7 Å². The summed E-state index contributed by atoms with van der Waals surface area (Å²) in [5, 5.41) is 0. The van der Waals surface area contributed by atoms with E-state index in [9.17, 15) is 27.6 Å². The number of hydrazine groups is 1. The van der Waals surface area contributed by atoms with Crippen LogP contribution in [0.1, 0.15) is 54.4 Å². The van der Waals surface area contributed by atoms with Crippen LogP contribution in [0.2, 0.25) is 0 Å². The molecule has 1 saturated heterocycles. The van der Waals surface area contributed by atoms with Crippen molar-refractivity contribution < 1.29 is 36.7 Å². The summed E-state index contributed by atoms with van der Waals surface area (Å²) in [5.41, 5.74) is 2.51. The number of rotatable bonds is 4. The first-order chi connectivity index (χ1) is 17.5. The van der Waals surface area contributed by atoms with Crippen molar-refractivity contribution in [3.05, 3.63) is 35.1 Å². The van der Waals surface area contributed by atoms with Gasteiger partial charge in [-0.1, -0.05) is 6.07 Å². The van der Waals surface area contributed by atoms with Gasteiger partial charge in [-0.15, -0.1) is 0 Å². The summed E-state index contributed by atoms with van der Waals surface area (Å²) in [7, 11) is 0. The SMILES string of the molecule is O=C(NNC(=O)C(F)(F)F)c1ccc(CN(C(=O)N2CCOCC2)C23CC4CC(CC(C4)C2)C3)c(F)c1. The van der Waals surface area contributed by atoms with E-state index in [0.717, 1.165) is 25.3 Å². The molecule has 0 unspecified atom stereocenters. The van der Waals surface area contributed by atoms with Crippen LogP contribution >= 0.6 is 0 Å². The van der Waals surface area contributed by atoms with E-state index in [4.69, 9.17) is 4.74 Å². The molecule has 0 aromatic heterocycles. The van der Waals surface area contributed by atoms with E-state index < -0.39 is 23.8 Å². The third-order valence-corrected chi connectivity index (χ3v) is 8.28. The van der Waals surface area contributed by atoms with Gasteiger partial charge in [0.15, 0.2) is 0 Å². The van der Waals surface area contributed by atoms with Crippen LogP contribution in [0.3, 0.4) is 0 Å². The zero-order chi connectivity index (χ0) is 26.4. The van der Waals surface area contributed by atoms with Crippen molar-refractivity contribution in [1.29, 1.82) is 0 Å². The number of benzene rings is 1. The minimum absolute atomic E-state index is 0.0287. The molecule has 6 rings (SSSR count). The summed E-state index contributed by atoms with van der Waals surface area (Å²) in [4.78, 5) is 40.5. The Labute approximate surface area is 211 Å². The van der Waals surface area contributed by atoms with Crippen LogP contribution in [0.25, 0.3) is 0 Å². The first kappa shape index (κ1) is 25.7. The summed E-state index contributed by atoms with van der Waals surface area (Å²) in [6.45, 7) is 1.85. The molecule has 1 heterocycles. The van der Waals surface area contributed by atoms with Crippen molar-refractivity contribution in [2.24, 2.45) is 17.8 Å². The number of alkyl halides is 3. The lowest BCUT2D eigenvalue weighted by Crippen LogP contribution is -2.64. The van der Waals surface area contributed by atoms with Crippen molar-refractivity contribution in [2.75, 3.05) is 26.3 Å². The second-order valence-electron chi connectivity index (χ2n) is 10.8. The highest BCUT2D eigenvalue weighted by Gasteiger charge is 2.55. The normalized spacial score (nSPS) is 28.6. The van der Waals surface area contributed by atoms with E-state index in [1.54, 1.807) is 10.3 Å². The lowest BCUT2D eigenvalue weighted by atomic mass is 9.52. The smallest absolute Gasteiger partial charge is 0.378 e. The fraction of sp³-hybridized carbons (Fsp3) is 0.640. The number of nitrogens with one attached hydrogen (secondary N) is 2. The molecule has 4 aliphatic carbocycles. The van der Waals surface area contributed by atoms with E-state index >= 15 is 4.39 Å². The van der Waals surface area contributed by atoms with Crippen molar-refractivity contribution >= 4 is 17.8 Å². The number of hydrogen-bond donors (Lipinski definition) is 2. The molecule has 2 N–H and O–H groups in total. The highest BCUT2D eigenvalue weighted by Crippen LogP contribution is 2.58. The maximum atomic E-state index is 15.2. The van der Waals surface area contributed by atoms with Crippen LogP contribution < -0.4 is 10.9 Å². The highest BCUT2D eigenvalue weighted by molar-refractivity contribution is 5.96. The number of morpholine rings is 1. The molecular weight excluding hydrogens is 496 g/mol. The van der Waals surface area contributed by atoms with Crippen molar-refractivity contribution in [3.8, 4) is 0 Å². The maximum absolute atomic E-state index is 15.2. The zero-order valence-electron chi connectivity index (χ0n) is 20.3. The fourth-order valence-electron chi connectivity index (χ4n) is 7.00. The molecule has 8 nitrogen and oxygen atoms in total. The Balaban J connectivity index is 1.36. The number of amides is 4. The molecule has 4 amide bonds. The molecule has 0 atom stereocenters. The topological polar surface area (TPSA) is 91.0 Å². The van der Waals surface area contributed by atoms with E-state index in [-0.39, 0.29) is 29.2 Å². The average molecular weight is 527 g/mol. The lowest BCUT2D eigenvalue weighted by Gasteiger charge is -2.60. The first-order valence-corrected chi connectivity index (χ1v) is 12.6. The van der Waals surface area contributed by atoms with E-state index in [0.29, 0.717) is 44.1 Å². The minimum atomic E-state index is -5.17. The van der Waals surface area contributed by atoms with E-state index in [1.165, 1.54) is 36.8 Å². The van der Waals surface area contributed by atoms with Gasteiger partial charge in [0.25, 0.3) is 5.91 Å². The standard InChI is InChI=1S/C25H30F4N4O4/c26-20-10-18(21(34)30-31-22(35)25(27,28)29)1-2-19(20)14-33(23(36)32-3-5-37-6-4-32)24-11-15-7-16(12-24)9-17(8-15)13-24/h1-2,10,15-17H,3-9,11-14H2,(H,30,34)(H,31,35). The molecule has 1 aromatic carbocycles. The Morgan fingerprint density at radius 3 is 2.14 bits per heavy atom. The average Bonchev–Trinajstić information content (AvgIpc) is 2.85.